The van der Waals surface area contributed by atoms with Crippen molar-refractivity contribution in [2.45, 2.75) is 40.0 Å². The number of unbranched alkanes of at least 4 members (excludes halogenated alkanes) is 1. The molecule has 0 aliphatic rings. The van der Waals surface area contributed by atoms with Gasteiger partial charge in [-0.2, -0.15) is 0 Å². The van der Waals surface area contributed by atoms with E-state index in [0.29, 0.717) is 6.61 Å². The van der Waals surface area contributed by atoms with Crippen molar-refractivity contribution in [3.8, 4) is 0 Å². The van der Waals surface area contributed by atoms with Crippen molar-refractivity contribution >= 4 is 5.78 Å². The van der Waals surface area contributed by atoms with Crippen molar-refractivity contribution in [3.05, 3.63) is 85.4 Å². The van der Waals surface area contributed by atoms with Gasteiger partial charge in [0.05, 0.1) is 6.61 Å². The molecule has 0 spiro atoms. The lowest BCUT2D eigenvalue weighted by Crippen LogP contribution is -2.10. The number of carbonyl (C=O) groups is 1. The van der Waals surface area contributed by atoms with Gasteiger partial charge in [-0.1, -0.05) is 63.0 Å². The Morgan fingerprint density at radius 2 is 1.81 bits per heavy atom. The first-order chi connectivity index (χ1) is 12.5. The lowest BCUT2D eigenvalue weighted by molar-refractivity contribution is -0.118. The van der Waals surface area contributed by atoms with Gasteiger partial charge in [-0.15, -0.1) is 0 Å². The molecule has 3 heteroatoms. The molecule has 0 bridgehead atoms. The topological polar surface area (TPSA) is 29.5 Å². The van der Waals surface area contributed by atoms with Crippen molar-refractivity contribution < 1.29 is 9.53 Å². The van der Waals surface area contributed by atoms with Crippen LogP contribution in [0.3, 0.4) is 0 Å². The summed E-state index contributed by atoms with van der Waals surface area (Å²) in [5, 5.41) is 0. The zero-order valence-electron chi connectivity index (χ0n) is 16.5. The average molecular weight is 356 g/mol. The van der Waals surface area contributed by atoms with Gasteiger partial charge < -0.3 is 9.64 Å². The van der Waals surface area contributed by atoms with E-state index in [0.717, 1.165) is 17.7 Å². The highest BCUT2D eigenvalue weighted by Gasteiger charge is 2.01. The molecule has 0 aromatic heterocycles. The minimum atomic E-state index is -0.110. The number of carbonyl (C=O) groups excluding carboxylic acids is 1. The lowest BCUT2D eigenvalue weighted by atomic mass is 10.1. The maximum atomic E-state index is 11.9. The van der Waals surface area contributed by atoms with Crippen LogP contribution in [0, 0.1) is 0 Å². The summed E-state index contributed by atoms with van der Waals surface area (Å²) in [4.78, 5) is 13.7. The molecule has 0 radical (unpaired) electrons. The molecule has 0 atom stereocenters. The van der Waals surface area contributed by atoms with E-state index >= 15 is 0 Å². The number of hydrogen-bond donors (Lipinski definition) is 0. The molecule has 0 aromatic carbocycles. The molecule has 3 nitrogen and oxygen atoms in total. The fraction of sp³-hybridized carbons (Fsp3) is 0.348. The summed E-state index contributed by atoms with van der Waals surface area (Å²) < 4.78 is 5.39. The summed E-state index contributed by atoms with van der Waals surface area (Å²) in [7, 11) is 0. The van der Waals surface area contributed by atoms with Gasteiger partial charge in [0, 0.05) is 24.2 Å². The molecule has 0 fully saturated rings. The Labute approximate surface area is 159 Å². The maximum Gasteiger partial charge on any atom is 0.182 e. The molecular weight excluding hydrogens is 322 g/mol. The third-order valence-corrected chi connectivity index (χ3v) is 3.67. The monoisotopic (exact) mass is 355 g/mol. The van der Waals surface area contributed by atoms with Crippen LogP contribution < -0.4 is 0 Å². The predicted molar refractivity (Wildman–Crippen MR) is 113 cm³/mol. The first kappa shape index (κ1) is 23.6. The number of allylic oxidation sites excluding steroid dienone is 6. The second-order valence-electron chi connectivity index (χ2n) is 5.97. The van der Waals surface area contributed by atoms with E-state index in [1.165, 1.54) is 24.5 Å². The van der Waals surface area contributed by atoms with Crippen molar-refractivity contribution in [1.29, 1.82) is 0 Å². The van der Waals surface area contributed by atoms with Gasteiger partial charge in [0.25, 0.3) is 0 Å². The van der Waals surface area contributed by atoms with E-state index < -0.39 is 0 Å². The van der Waals surface area contributed by atoms with Gasteiger partial charge in [0.1, 0.15) is 6.61 Å². The lowest BCUT2D eigenvalue weighted by Gasteiger charge is -2.15. The summed E-state index contributed by atoms with van der Waals surface area (Å²) in [6, 6.07) is 0. The third-order valence-electron chi connectivity index (χ3n) is 3.67. The Bertz CT molecular complexity index is 591. The van der Waals surface area contributed by atoms with E-state index in [2.05, 4.69) is 39.7 Å². The predicted octanol–water partition coefficient (Wildman–Crippen LogP) is 5.87. The first-order valence-electron chi connectivity index (χ1n) is 8.96. The molecule has 0 heterocycles. The molecule has 0 saturated heterocycles. The summed E-state index contributed by atoms with van der Waals surface area (Å²) in [5.74, 6) is -0.110. The van der Waals surface area contributed by atoms with Crippen LogP contribution in [0.5, 0.6) is 0 Å². The highest BCUT2D eigenvalue weighted by Crippen LogP contribution is 2.10. The van der Waals surface area contributed by atoms with Crippen LogP contribution in [0.4, 0.5) is 0 Å². The van der Waals surface area contributed by atoms with Gasteiger partial charge in [0.15, 0.2) is 5.78 Å². The van der Waals surface area contributed by atoms with Crippen LogP contribution in [0.1, 0.15) is 40.0 Å². The number of rotatable bonds is 14. The Morgan fingerprint density at radius 3 is 2.38 bits per heavy atom. The Kier molecular flexibility index (Phi) is 13.5. The fourth-order valence-corrected chi connectivity index (χ4v) is 2.02. The average Bonchev–Trinajstić information content (AvgIpc) is 2.64. The quantitative estimate of drug-likeness (QED) is 0.288. The van der Waals surface area contributed by atoms with Gasteiger partial charge >= 0.3 is 0 Å². The molecular formula is C23H33NO2. The molecule has 0 aliphatic heterocycles. The van der Waals surface area contributed by atoms with Crippen molar-refractivity contribution in [1.82, 2.24) is 4.90 Å². The summed E-state index contributed by atoms with van der Waals surface area (Å²) >= 11 is 0. The molecule has 0 unspecified atom stereocenters. The van der Waals surface area contributed by atoms with Gasteiger partial charge in [-0.3, -0.25) is 4.79 Å². The van der Waals surface area contributed by atoms with Crippen molar-refractivity contribution in [2.75, 3.05) is 13.2 Å². The molecule has 0 amide bonds. The summed E-state index contributed by atoms with van der Waals surface area (Å²) in [6.45, 7) is 17.8. The minimum Gasteiger partial charge on any atom is -0.369 e. The second-order valence-corrected chi connectivity index (χ2v) is 5.97. The molecule has 26 heavy (non-hydrogen) atoms. The van der Waals surface area contributed by atoms with E-state index in [-0.39, 0.29) is 12.4 Å². The summed E-state index contributed by atoms with van der Waals surface area (Å²) in [6.07, 6.45) is 17.7. The van der Waals surface area contributed by atoms with E-state index in [1.54, 1.807) is 30.6 Å². The van der Waals surface area contributed by atoms with Gasteiger partial charge in [-0.25, -0.2) is 0 Å². The zero-order chi connectivity index (χ0) is 19.8. The van der Waals surface area contributed by atoms with E-state index in [9.17, 15) is 4.79 Å². The molecule has 0 N–H and O–H groups in total. The largest absolute Gasteiger partial charge is 0.369 e. The van der Waals surface area contributed by atoms with Gasteiger partial charge in [0.2, 0.25) is 0 Å². The normalized spacial score (nSPS) is 13.0. The van der Waals surface area contributed by atoms with Crippen LogP contribution >= 0.6 is 0 Å². The fourth-order valence-electron chi connectivity index (χ4n) is 2.02. The highest BCUT2D eigenvalue weighted by molar-refractivity contribution is 5.90. The van der Waals surface area contributed by atoms with Gasteiger partial charge in [-0.05, 0) is 38.3 Å². The van der Waals surface area contributed by atoms with Crippen LogP contribution in [-0.2, 0) is 9.53 Å². The molecule has 0 aliphatic carbocycles. The number of ketones is 1. The molecule has 0 aromatic rings. The minimum absolute atomic E-state index is 0.0165. The van der Waals surface area contributed by atoms with Crippen LogP contribution in [-0.4, -0.2) is 23.9 Å². The van der Waals surface area contributed by atoms with Crippen LogP contribution in [0.2, 0.25) is 0 Å². The molecule has 142 valence electrons. The van der Waals surface area contributed by atoms with Crippen LogP contribution in [0.15, 0.2) is 85.4 Å². The zero-order valence-corrected chi connectivity index (χ0v) is 16.5. The smallest absolute Gasteiger partial charge is 0.182 e. The Hall–Kier alpha value is -2.39. The molecule has 0 rings (SSSR count). The number of nitrogens with zero attached hydrogens (tertiary/aromatic N) is 1. The first-order valence-corrected chi connectivity index (χ1v) is 8.96. The molecule has 0 saturated carbocycles. The highest BCUT2D eigenvalue weighted by atomic mass is 16.5. The summed E-state index contributed by atoms with van der Waals surface area (Å²) in [5.41, 5.74) is 3.21. The van der Waals surface area contributed by atoms with Crippen LogP contribution in [0.25, 0.3) is 0 Å². The Morgan fingerprint density at radius 1 is 1.08 bits per heavy atom. The number of ether oxygens (including phenoxy) is 1. The third kappa shape index (κ3) is 11.2. The number of hydrogen-bond acceptors (Lipinski definition) is 3. The Balaban J connectivity index is 4.62. The maximum absolute atomic E-state index is 11.9. The second kappa shape index (κ2) is 14.9. The standard InChI is InChI=1S/C23H33NO2/c1-7-11-13-20(5)14-15-21(6)24(10-4)17-16-23(25)19-26-18-22(9-3)12-8-2/h8-10,12,14-17H,2-4,7,11,13,18-19H2,1,5-6H3/b17-16-,20-14+,21-15+,22-12+. The SMILES string of the molecule is C=C/C=C(\C=C)COCC(=O)/C=C\N(C=C)/C(C)=C/C=C(\C)CCCC. The van der Waals surface area contributed by atoms with E-state index in [4.69, 9.17) is 4.74 Å². The van der Waals surface area contributed by atoms with Crippen molar-refractivity contribution in [2.24, 2.45) is 0 Å². The van der Waals surface area contributed by atoms with Crippen molar-refractivity contribution in [3.63, 3.8) is 0 Å². The van der Waals surface area contributed by atoms with E-state index in [1.807, 2.05) is 17.9 Å².